The molecule has 0 bridgehead atoms. The van der Waals surface area contributed by atoms with E-state index in [1.807, 2.05) is 12.1 Å². The summed E-state index contributed by atoms with van der Waals surface area (Å²) in [6.07, 6.45) is 3.49. The van der Waals surface area contributed by atoms with Crippen molar-refractivity contribution in [3.63, 3.8) is 0 Å². The summed E-state index contributed by atoms with van der Waals surface area (Å²) in [7, 11) is 0. The van der Waals surface area contributed by atoms with Gasteiger partial charge in [-0.1, -0.05) is 33.0 Å². The van der Waals surface area contributed by atoms with Gasteiger partial charge in [0.25, 0.3) is 0 Å². The Morgan fingerprint density at radius 1 is 1.22 bits per heavy atom. The molecule has 1 N–H and O–H groups in total. The van der Waals surface area contributed by atoms with Crippen molar-refractivity contribution in [2.24, 2.45) is 0 Å². The van der Waals surface area contributed by atoms with Gasteiger partial charge in [0.05, 0.1) is 4.47 Å². The van der Waals surface area contributed by atoms with E-state index in [1.54, 1.807) is 12.4 Å². The highest BCUT2D eigenvalue weighted by Gasteiger charge is 2.20. The summed E-state index contributed by atoms with van der Waals surface area (Å²) >= 11 is 8.82. The maximum Gasteiger partial charge on any atom is 0.144 e. The highest BCUT2D eigenvalue weighted by atomic mass is 79.9. The quantitative estimate of drug-likeness (QED) is 0.797. The van der Waals surface area contributed by atoms with Gasteiger partial charge in [-0.15, -0.1) is 0 Å². The van der Waals surface area contributed by atoms with Gasteiger partial charge >= 0.3 is 0 Å². The molecule has 2 heterocycles. The number of rotatable bonds is 1. The lowest BCUT2D eigenvalue weighted by Crippen LogP contribution is -2.16. The number of H-pyrrole nitrogens is 1. The molecule has 0 saturated carbocycles. The average Bonchev–Trinajstić information content (AvgIpc) is 2.32. The lowest BCUT2D eigenvalue weighted by atomic mass is 9.92. The van der Waals surface area contributed by atoms with Crippen LogP contribution in [0.3, 0.4) is 0 Å². The fraction of sp³-hybridized carbons (Fsp3) is 0.308. The Kier molecular flexibility index (Phi) is 3.64. The van der Waals surface area contributed by atoms with E-state index in [2.05, 4.69) is 51.7 Å². The first-order valence-electron chi connectivity index (χ1n) is 5.60. The van der Waals surface area contributed by atoms with Crippen LogP contribution in [0.1, 0.15) is 26.5 Å². The van der Waals surface area contributed by atoms with Crippen molar-refractivity contribution in [2.75, 3.05) is 0 Å². The molecule has 5 heteroatoms. The molecule has 2 aromatic rings. The highest BCUT2D eigenvalue weighted by molar-refractivity contribution is 9.10. The van der Waals surface area contributed by atoms with E-state index in [-0.39, 0.29) is 5.41 Å². The fourth-order valence-corrected chi connectivity index (χ4v) is 2.60. The van der Waals surface area contributed by atoms with Crippen molar-refractivity contribution in [3.05, 3.63) is 39.3 Å². The molecule has 0 radical (unpaired) electrons. The molecule has 0 aliphatic rings. The lowest BCUT2D eigenvalue weighted by Gasteiger charge is -2.21. The number of halogens is 1. The summed E-state index contributed by atoms with van der Waals surface area (Å²) in [5.41, 5.74) is 2.00. The normalized spacial score (nSPS) is 11.6. The van der Waals surface area contributed by atoms with Crippen LogP contribution in [0, 0.1) is 4.64 Å². The van der Waals surface area contributed by atoms with Crippen LogP contribution in [0.2, 0.25) is 0 Å². The second-order valence-electron chi connectivity index (χ2n) is 5.07. The zero-order valence-corrected chi connectivity index (χ0v) is 12.9. The third-order valence-corrected chi connectivity index (χ3v) is 3.90. The summed E-state index contributed by atoms with van der Waals surface area (Å²) < 4.78 is 1.44. The zero-order chi connectivity index (χ0) is 13.3. The van der Waals surface area contributed by atoms with Gasteiger partial charge in [-0.3, -0.25) is 4.98 Å². The predicted molar refractivity (Wildman–Crippen MR) is 79.1 cm³/mol. The van der Waals surface area contributed by atoms with E-state index in [0.29, 0.717) is 4.64 Å². The van der Waals surface area contributed by atoms with Gasteiger partial charge in [0.15, 0.2) is 0 Å². The van der Waals surface area contributed by atoms with E-state index >= 15 is 0 Å². The summed E-state index contributed by atoms with van der Waals surface area (Å²) in [5.74, 6) is 0.774. The SMILES string of the molecule is CC(C)(C)c1[nH]c(-c2ccncc2)nc(=S)c1Br. The first kappa shape index (κ1) is 13.4. The van der Waals surface area contributed by atoms with Gasteiger partial charge < -0.3 is 4.98 Å². The van der Waals surface area contributed by atoms with Crippen molar-refractivity contribution in [2.45, 2.75) is 26.2 Å². The number of aromatic nitrogens is 3. The van der Waals surface area contributed by atoms with E-state index in [9.17, 15) is 0 Å². The number of hydrogen-bond acceptors (Lipinski definition) is 3. The molecule has 2 rings (SSSR count). The largest absolute Gasteiger partial charge is 0.342 e. The standard InChI is InChI=1S/C13H14BrN3S/c1-13(2,3)10-9(14)12(18)17-11(16-10)8-4-6-15-7-5-8/h4-7H,1-3H3,(H,16,17,18). The smallest absolute Gasteiger partial charge is 0.144 e. The molecule has 0 saturated heterocycles. The predicted octanol–water partition coefficient (Wildman–Crippen LogP) is 4.26. The Bertz CT molecular complexity index is 614. The molecule has 0 aliphatic heterocycles. The van der Waals surface area contributed by atoms with Crippen molar-refractivity contribution >= 4 is 28.1 Å². The van der Waals surface area contributed by atoms with Crippen LogP contribution in [-0.4, -0.2) is 15.0 Å². The third kappa shape index (κ3) is 2.67. The van der Waals surface area contributed by atoms with E-state index in [0.717, 1.165) is 21.6 Å². The van der Waals surface area contributed by atoms with Gasteiger partial charge in [0.2, 0.25) is 0 Å². The topological polar surface area (TPSA) is 41.6 Å². The summed E-state index contributed by atoms with van der Waals surface area (Å²) in [6, 6.07) is 3.82. The first-order valence-corrected chi connectivity index (χ1v) is 6.80. The number of nitrogens with one attached hydrogen (secondary N) is 1. The number of hydrogen-bond donors (Lipinski definition) is 1. The molecule has 0 unspecified atom stereocenters. The molecule has 94 valence electrons. The van der Waals surface area contributed by atoms with Gasteiger partial charge in [0, 0.05) is 29.1 Å². The molecular weight excluding hydrogens is 310 g/mol. The molecular formula is C13H14BrN3S. The summed E-state index contributed by atoms with van der Waals surface area (Å²) in [6.45, 7) is 6.40. The lowest BCUT2D eigenvalue weighted by molar-refractivity contribution is 0.563. The first-order chi connectivity index (χ1) is 8.39. The van der Waals surface area contributed by atoms with Crippen LogP contribution in [-0.2, 0) is 5.41 Å². The van der Waals surface area contributed by atoms with E-state index in [1.165, 1.54) is 0 Å². The van der Waals surface area contributed by atoms with E-state index < -0.39 is 0 Å². The van der Waals surface area contributed by atoms with Crippen molar-refractivity contribution < 1.29 is 0 Å². The fourth-order valence-electron chi connectivity index (χ4n) is 1.62. The molecule has 2 aromatic heterocycles. The summed E-state index contributed by atoms with van der Waals surface area (Å²) in [4.78, 5) is 11.8. The molecule has 0 fully saturated rings. The molecule has 0 aromatic carbocycles. The number of pyridine rings is 1. The van der Waals surface area contributed by atoms with Gasteiger partial charge in [-0.25, -0.2) is 4.98 Å². The maximum absolute atomic E-state index is 5.30. The van der Waals surface area contributed by atoms with E-state index in [4.69, 9.17) is 12.2 Å². The maximum atomic E-state index is 5.30. The van der Waals surface area contributed by atoms with Crippen LogP contribution in [0.15, 0.2) is 29.0 Å². The number of aromatic amines is 1. The van der Waals surface area contributed by atoms with Crippen molar-refractivity contribution in [1.29, 1.82) is 0 Å². The van der Waals surface area contributed by atoms with Crippen molar-refractivity contribution in [1.82, 2.24) is 15.0 Å². The second-order valence-corrected chi connectivity index (χ2v) is 6.25. The second kappa shape index (κ2) is 4.90. The molecule has 18 heavy (non-hydrogen) atoms. The van der Waals surface area contributed by atoms with Crippen molar-refractivity contribution in [3.8, 4) is 11.4 Å². The van der Waals surface area contributed by atoms with Crippen LogP contribution in [0.25, 0.3) is 11.4 Å². The van der Waals surface area contributed by atoms with Gasteiger partial charge in [0.1, 0.15) is 10.5 Å². The zero-order valence-electron chi connectivity index (χ0n) is 10.5. The molecule has 0 spiro atoms. The highest BCUT2D eigenvalue weighted by Crippen LogP contribution is 2.30. The Balaban J connectivity index is 2.66. The third-order valence-electron chi connectivity index (χ3n) is 2.57. The van der Waals surface area contributed by atoms with Crippen LogP contribution in [0.5, 0.6) is 0 Å². The average molecular weight is 324 g/mol. The molecule has 0 atom stereocenters. The Morgan fingerprint density at radius 3 is 2.39 bits per heavy atom. The van der Waals surface area contributed by atoms with Crippen LogP contribution >= 0.6 is 28.1 Å². The molecule has 0 amide bonds. The Morgan fingerprint density at radius 2 is 1.83 bits per heavy atom. The van der Waals surface area contributed by atoms with Crippen LogP contribution < -0.4 is 0 Å². The monoisotopic (exact) mass is 323 g/mol. The Labute approximate surface area is 120 Å². The minimum Gasteiger partial charge on any atom is -0.342 e. The Hall–Kier alpha value is -1.07. The number of nitrogens with zero attached hydrogens (tertiary/aromatic N) is 2. The van der Waals surface area contributed by atoms with Gasteiger partial charge in [-0.05, 0) is 28.1 Å². The minimum atomic E-state index is -0.0306. The summed E-state index contributed by atoms with van der Waals surface area (Å²) in [5, 5.41) is 0. The molecule has 0 aliphatic carbocycles. The van der Waals surface area contributed by atoms with Gasteiger partial charge in [-0.2, -0.15) is 0 Å². The van der Waals surface area contributed by atoms with Crippen LogP contribution in [0.4, 0.5) is 0 Å². The molecule has 3 nitrogen and oxygen atoms in total. The minimum absolute atomic E-state index is 0.0306.